The van der Waals surface area contributed by atoms with E-state index in [-0.39, 0.29) is 11.9 Å². The maximum absolute atomic E-state index is 12.0. The molecule has 3 N–H and O–H groups in total. The lowest BCUT2D eigenvalue weighted by Gasteiger charge is -2.24. The Bertz CT molecular complexity index is 361. The van der Waals surface area contributed by atoms with E-state index < -0.39 is 6.04 Å². The minimum absolute atomic E-state index is 0.0129. The van der Waals surface area contributed by atoms with Crippen LogP contribution < -0.4 is 11.1 Å². The van der Waals surface area contributed by atoms with Crippen molar-refractivity contribution in [2.75, 3.05) is 19.7 Å². The summed E-state index contributed by atoms with van der Waals surface area (Å²) in [4.78, 5) is 12.0. The molecule has 4 nitrogen and oxygen atoms in total. The first-order valence-electron chi connectivity index (χ1n) is 5.93. The Morgan fingerprint density at radius 3 is 2.88 bits per heavy atom. The molecule has 17 heavy (non-hydrogen) atoms. The van der Waals surface area contributed by atoms with Gasteiger partial charge in [0, 0.05) is 13.1 Å². The van der Waals surface area contributed by atoms with E-state index in [2.05, 4.69) is 5.32 Å². The molecule has 1 heterocycles. The molecule has 0 radical (unpaired) electrons. The van der Waals surface area contributed by atoms with Crippen LogP contribution in [0.25, 0.3) is 0 Å². The second kappa shape index (κ2) is 5.91. The van der Waals surface area contributed by atoms with Crippen molar-refractivity contribution in [1.29, 1.82) is 0 Å². The Hall–Kier alpha value is -1.23. The summed E-state index contributed by atoms with van der Waals surface area (Å²) in [5.41, 5.74) is 7.00. The molecule has 92 valence electrons. The number of ketones is 1. The monoisotopic (exact) mass is 234 g/mol. The molecule has 2 atom stereocenters. The van der Waals surface area contributed by atoms with E-state index in [4.69, 9.17) is 10.5 Å². The number of benzene rings is 1. The minimum Gasteiger partial charge on any atom is -0.368 e. The van der Waals surface area contributed by atoms with Gasteiger partial charge in [-0.3, -0.25) is 4.79 Å². The highest BCUT2D eigenvalue weighted by Crippen LogP contribution is 2.06. The topological polar surface area (TPSA) is 64.4 Å². The summed E-state index contributed by atoms with van der Waals surface area (Å²) in [5.74, 6) is -0.0129. The number of hydrogen-bond donors (Lipinski definition) is 2. The first-order chi connectivity index (χ1) is 8.27. The number of rotatable bonds is 4. The molecule has 1 unspecified atom stereocenters. The summed E-state index contributed by atoms with van der Waals surface area (Å²) in [6.07, 6.45) is 0.182. The van der Waals surface area contributed by atoms with Gasteiger partial charge in [0.25, 0.3) is 0 Å². The molecule has 0 bridgehead atoms. The highest BCUT2D eigenvalue weighted by atomic mass is 16.5. The summed E-state index contributed by atoms with van der Waals surface area (Å²) < 4.78 is 5.41. The highest BCUT2D eigenvalue weighted by Gasteiger charge is 2.26. The molecule has 4 heteroatoms. The smallest absolute Gasteiger partial charge is 0.179 e. The zero-order chi connectivity index (χ0) is 12.1. The number of morpholine rings is 1. The Kier molecular flexibility index (Phi) is 4.25. The fourth-order valence-electron chi connectivity index (χ4n) is 1.96. The molecule has 0 aliphatic carbocycles. The molecule has 0 aromatic heterocycles. The molecule has 0 amide bonds. The standard InChI is InChI=1S/C13H18N2O2/c14-11(8-10-4-2-1-3-5-10)13(16)12-9-15-6-7-17-12/h1-5,11-12,15H,6-9,14H2/t11-,12?/m0/s1. The third kappa shape index (κ3) is 3.36. The lowest BCUT2D eigenvalue weighted by molar-refractivity contribution is -0.133. The average Bonchev–Trinajstić information content (AvgIpc) is 2.40. The summed E-state index contributed by atoms with van der Waals surface area (Å²) in [6, 6.07) is 9.32. The summed E-state index contributed by atoms with van der Waals surface area (Å²) in [5, 5.41) is 3.13. The fourth-order valence-corrected chi connectivity index (χ4v) is 1.96. The van der Waals surface area contributed by atoms with Crippen LogP contribution in [0, 0.1) is 0 Å². The molecule has 1 aromatic carbocycles. The largest absolute Gasteiger partial charge is 0.368 e. The number of nitrogens with one attached hydrogen (secondary N) is 1. The van der Waals surface area contributed by atoms with Crippen LogP contribution in [0.1, 0.15) is 5.56 Å². The zero-order valence-corrected chi connectivity index (χ0v) is 9.76. The van der Waals surface area contributed by atoms with Crippen LogP contribution in [-0.2, 0) is 16.0 Å². The first kappa shape index (κ1) is 12.2. The third-order valence-corrected chi connectivity index (χ3v) is 2.91. The zero-order valence-electron chi connectivity index (χ0n) is 9.76. The van der Waals surface area contributed by atoms with Crippen molar-refractivity contribution in [3.8, 4) is 0 Å². The van der Waals surface area contributed by atoms with E-state index in [1.165, 1.54) is 0 Å². The third-order valence-electron chi connectivity index (χ3n) is 2.91. The summed E-state index contributed by atoms with van der Waals surface area (Å²) >= 11 is 0. The summed E-state index contributed by atoms with van der Waals surface area (Å²) in [6.45, 7) is 1.95. The SMILES string of the molecule is N[C@@H](Cc1ccccc1)C(=O)C1CNCCO1. The second-order valence-electron chi connectivity index (χ2n) is 4.26. The van der Waals surface area contributed by atoms with E-state index in [0.29, 0.717) is 19.6 Å². The van der Waals surface area contributed by atoms with Gasteiger partial charge in [0.1, 0.15) is 6.10 Å². The molecule has 1 aliphatic heterocycles. The Balaban J connectivity index is 1.90. The Labute approximate surface area is 101 Å². The molecular weight excluding hydrogens is 216 g/mol. The first-order valence-corrected chi connectivity index (χ1v) is 5.93. The molecule has 0 saturated carbocycles. The van der Waals surface area contributed by atoms with Gasteiger partial charge in [0.2, 0.25) is 0 Å². The molecule has 1 saturated heterocycles. The minimum atomic E-state index is -0.484. The Morgan fingerprint density at radius 1 is 1.47 bits per heavy atom. The van der Waals surface area contributed by atoms with Gasteiger partial charge in [-0.1, -0.05) is 30.3 Å². The van der Waals surface area contributed by atoms with E-state index in [9.17, 15) is 4.79 Å². The molecule has 2 rings (SSSR count). The van der Waals surface area contributed by atoms with Crippen LogP contribution in [0.4, 0.5) is 0 Å². The van der Waals surface area contributed by atoms with Gasteiger partial charge in [-0.05, 0) is 12.0 Å². The normalized spacial score (nSPS) is 22.1. The van der Waals surface area contributed by atoms with Gasteiger partial charge >= 0.3 is 0 Å². The molecule has 1 aromatic rings. The van der Waals surface area contributed by atoms with Gasteiger partial charge in [-0.25, -0.2) is 0 Å². The molecule has 0 spiro atoms. The summed E-state index contributed by atoms with van der Waals surface area (Å²) in [7, 11) is 0. The van der Waals surface area contributed by atoms with Crippen LogP contribution in [0.5, 0.6) is 0 Å². The Morgan fingerprint density at radius 2 is 2.24 bits per heavy atom. The number of carbonyl (C=O) groups excluding carboxylic acids is 1. The van der Waals surface area contributed by atoms with Crippen molar-refractivity contribution in [2.45, 2.75) is 18.6 Å². The van der Waals surface area contributed by atoms with Crippen molar-refractivity contribution in [3.63, 3.8) is 0 Å². The number of Topliss-reactive ketones (excluding diaryl/α,β-unsaturated/α-hetero) is 1. The fraction of sp³-hybridized carbons (Fsp3) is 0.462. The molecular formula is C13H18N2O2. The van der Waals surface area contributed by atoms with Crippen molar-refractivity contribution >= 4 is 5.78 Å². The van der Waals surface area contributed by atoms with Crippen molar-refractivity contribution in [1.82, 2.24) is 5.32 Å². The van der Waals surface area contributed by atoms with Gasteiger partial charge < -0.3 is 15.8 Å². The second-order valence-corrected chi connectivity index (χ2v) is 4.26. The average molecular weight is 234 g/mol. The van der Waals surface area contributed by atoms with E-state index in [0.717, 1.165) is 12.1 Å². The van der Waals surface area contributed by atoms with Crippen molar-refractivity contribution in [2.24, 2.45) is 5.73 Å². The van der Waals surface area contributed by atoms with E-state index >= 15 is 0 Å². The van der Waals surface area contributed by atoms with Gasteiger partial charge in [0.05, 0.1) is 12.6 Å². The molecule has 1 aliphatic rings. The van der Waals surface area contributed by atoms with Crippen LogP contribution >= 0.6 is 0 Å². The van der Waals surface area contributed by atoms with E-state index in [1.54, 1.807) is 0 Å². The van der Waals surface area contributed by atoms with Crippen molar-refractivity contribution < 1.29 is 9.53 Å². The number of carbonyl (C=O) groups is 1. The maximum Gasteiger partial charge on any atom is 0.179 e. The van der Waals surface area contributed by atoms with Gasteiger partial charge in [-0.15, -0.1) is 0 Å². The van der Waals surface area contributed by atoms with Crippen LogP contribution in [0.2, 0.25) is 0 Å². The molecule has 1 fully saturated rings. The number of hydrogen-bond acceptors (Lipinski definition) is 4. The van der Waals surface area contributed by atoms with Crippen molar-refractivity contribution in [3.05, 3.63) is 35.9 Å². The highest BCUT2D eigenvalue weighted by molar-refractivity contribution is 5.88. The maximum atomic E-state index is 12.0. The lowest BCUT2D eigenvalue weighted by atomic mass is 9.99. The predicted octanol–water partition coefficient (Wildman–Crippen LogP) is 0.114. The lowest BCUT2D eigenvalue weighted by Crippen LogP contribution is -2.49. The van der Waals surface area contributed by atoms with Crippen LogP contribution in [0.3, 0.4) is 0 Å². The quantitative estimate of drug-likeness (QED) is 0.776. The van der Waals surface area contributed by atoms with Crippen LogP contribution in [-0.4, -0.2) is 37.6 Å². The van der Waals surface area contributed by atoms with E-state index in [1.807, 2.05) is 30.3 Å². The number of nitrogens with two attached hydrogens (primary N) is 1. The van der Waals surface area contributed by atoms with Crippen LogP contribution in [0.15, 0.2) is 30.3 Å². The van der Waals surface area contributed by atoms with Gasteiger partial charge in [-0.2, -0.15) is 0 Å². The predicted molar refractivity (Wildman–Crippen MR) is 65.7 cm³/mol. The van der Waals surface area contributed by atoms with Gasteiger partial charge in [0.15, 0.2) is 5.78 Å². The number of ether oxygens (including phenoxy) is 1.